The van der Waals surface area contributed by atoms with Crippen molar-refractivity contribution in [2.75, 3.05) is 5.73 Å². The normalized spacial score (nSPS) is 13.9. The van der Waals surface area contributed by atoms with E-state index in [1.807, 2.05) is 43.3 Å². The van der Waals surface area contributed by atoms with Crippen LogP contribution in [0.3, 0.4) is 0 Å². The van der Waals surface area contributed by atoms with Crippen LogP contribution in [0.2, 0.25) is 0 Å². The van der Waals surface area contributed by atoms with Crippen LogP contribution in [-0.4, -0.2) is 9.78 Å². The Morgan fingerprint density at radius 3 is 2.75 bits per heavy atom. The summed E-state index contributed by atoms with van der Waals surface area (Å²) in [6.07, 6.45) is 5.52. The molecular formula is C19H17FN4. The van der Waals surface area contributed by atoms with Crippen molar-refractivity contribution in [3.05, 3.63) is 72.2 Å². The predicted molar refractivity (Wildman–Crippen MR) is 92.7 cm³/mol. The Hall–Kier alpha value is -3.13. The van der Waals surface area contributed by atoms with E-state index in [2.05, 4.69) is 5.10 Å². The van der Waals surface area contributed by atoms with Crippen molar-refractivity contribution in [3.63, 3.8) is 0 Å². The second-order valence-corrected chi connectivity index (χ2v) is 5.59. The van der Waals surface area contributed by atoms with Gasteiger partial charge in [-0.3, -0.25) is 4.68 Å². The maximum absolute atomic E-state index is 13.9. The van der Waals surface area contributed by atoms with Crippen LogP contribution in [-0.2, 0) is 5.54 Å². The van der Waals surface area contributed by atoms with Crippen molar-refractivity contribution < 1.29 is 4.39 Å². The molecule has 3 rings (SSSR count). The summed E-state index contributed by atoms with van der Waals surface area (Å²) in [5.74, 6) is -0.413. The van der Waals surface area contributed by atoms with E-state index >= 15 is 0 Å². The maximum atomic E-state index is 13.9. The van der Waals surface area contributed by atoms with Gasteiger partial charge >= 0.3 is 0 Å². The molecule has 0 aliphatic rings. The lowest BCUT2D eigenvalue weighted by Crippen LogP contribution is -2.33. The number of nitrogen functional groups attached to an aromatic ring is 1. The SMILES string of the molecule is CCC(C=CC#N)(c1ccccc1)n1ncc2c(N)cc(F)cc21. The van der Waals surface area contributed by atoms with E-state index in [9.17, 15) is 4.39 Å². The van der Waals surface area contributed by atoms with E-state index in [0.717, 1.165) is 5.56 Å². The molecule has 0 saturated heterocycles. The molecule has 3 aromatic rings. The fraction of sp³-hybridized carbons (Fsp3) is 0.158. The summed E-state index contributed by atoms with van der Waals surface area (Å²) in [6.45, 7) is 2.00. The minimum atomic E-state index is -0.695. The Morgan fingerprint density at radius 2 is 2.08 bits per heavy atom. The molecule has 0 spiro atoms. The number of rotatable bonds is 4. The first-order valence-electron chi connectivity index (χ1n) is 7.68. The largest absolute Gasteiger partial charge is 0.398 e. The molecule has 0 amide bonds. The van der Waals surface area contributed by atoms with Crippen LogP contribution in [0.15, 0.2) is 60.8 Å². The molecule has 0 fully saturated rings. The van der Waals surface area contributed by atoms with Gasteiger partial charge in [-0.1, -0.05) is 37.3 Å². The molecule has 1 aromatic heterocycles. The highest BCUT2D eigenvalue weighted by Crippen LogP contribution is 2.35. The number of aromatic nitrogens is 2. The molecule has 1 unspecified atom stereocenters. The van der Waals surface area contributed by atoms with Gasteiger partial charge < -0.3 is 5.73 Å². The number of hydrogen-bond acceptors (Lipinski definition) is 3. The van der Waals surface area contributed by atoms with Gasteiger partial charge in [-0.25, -0.2) is 4.39 Å². The molecule has 0 aliphatic carbocycles. The highest BCUT2D eigenvalue weighted by molar-refractivity contribution is 5.90. The zero-order chi connectivity index (χ0) is 17.2. The van der Waals surface area contributed by atoms with Crippen molar-refractivity contribution >= 4 is 16.6 Å². The Labute approximate surface area is 139 Å². The van der Waals surface area contributed by atoms with Gasteiger partial charge in [0.25, 0.3) is 0 Å². The van der Waals surface area contributed by atoms with E-state index in [0.29, 0.717) is 23.0 Å². The minimum Gasteiger partial charge on any atom is -0.398 e. The number of nitriles is 1. The standard InChI is InChI=1S/C19H17FN4/c1-2-19(9-6-10-21,14-7-4-3-5-8-14)24-18-12-15(20)11-17(22)16(18)13-23-24/h3-9,11-13H,2,22H2,1H3. The molecule has 120 valence electrons. The molecule has 1 heterocycles. The van der Waals surface area contributed by atoms with Crippen molar-refractivity contribution in [3.8, 4) is 6.07 Å². The van der Waals surface area contributed by atoms with E-state index in [4.69, 9.17) is 11.0 Å². The van der Waals surface area contributed by atoms with E-state index in [-0.39, 0.29) is 0 Å². The number of allylic oxidation sites excluding steroid dienone is 2. The van der Waals surface area contributed by atoms with Crippen LogP contribution in [0.1, 0.15) is 18.9 Å². The third kappa shape index (κ3) is 2.42. The number of nitrogens with zero attached hydrogens (tertiary/aromatic N) is 3. The average molecular weight is 320 g/mol. The molecule has 2 aromatic carbocycles. The van der Waals surface area contributed by atoms with Gasteiger partial charge in [-0.2, -0.15) is 10.4 Å². The summed E-state index contributed by atoms with van der Waals surface area (Å²) in [5, 5.41) is 14.2. The first-order valence-corrected chi connectivity index (χ1v) is 7.68. The topological polar surface area (TPSA) is 67.6 Å². The quantitative estimate of drug-likeness (QED) is 0.584. The highest BCUT2D eigenvalue weighted by atomic mass is 19.1. The predicted octanol–water partition coefficient (Wildman–Crippen LogP) is 3.99. The third-order valence-corrected chi connectivity index (χ3v) is 4.31. The second kappa shape index (κ2) is 6.17. The molecule has 1 atom stereocenters. The van der Waals surface area contributed by atoms with Crippen LogP contribution in [0.25, 0.3) is 10.9 Å². The molecule has 4 nitrogen and oxygen atoms in total. The lowest BCUT2D eigenvalue weighted by atomic mass is 9.86. The fourth-order valence-corrected chi connectivity index (χ4v) is 3.10. The average Bonchev–Trinajstić information content (AvgIpc) is 3.02. The Kier molecular flexibility index (Phi) is 4.05. The van der Waals surface area contributed by atoms with Crippen molar-refractivity contribution in [2.45, 2.75) is 18.9 Å². The van der Waals surface area contributed by atoms with Gasteiger partial charge in [0.1, 0.15) is 11.4 Å². The number of halogens is 1. The minimum absolute atomic E-state index is 0.346. The van der Waals surface area contributed by atoms with Gasteiger partial charge in [0.15, 0.2) is 0 Å². The molecule has 5 heteroatoms. The Balaban J connectivity index is 2.35. The van der Waals surface area contributed by atoms with Crippen LogP contribution in [0, 0.1) is 17.1 Å². The lowest BCUT2D eigenvalue weighted by Gasteiger charge is -2.31. The molecule has 0 radical (unpaired) electrons. The number of anilines is 1. The zero-order valence-electron chi connectivity index (χ0n) is 13.3. The molecule has 0 saturated carbocycles. The first-order chi connectivity index (χ1) is 11.6. The van der Waals surface area contributed by atoms with Crippen molar-refractivity contribution in [2.24, 2.45) is 0 Å². The van der Waals surface area contributed by atoms with Crippen LogP contribution in [0.5, 0.6) is 0 Å². The second-order valence-electron chi connectivity index (χ2n) is 5.59. The van der Waals surface area contributed by atoms with E-state index < -0.39 is 11.4 Å². The van der Waals surface area contributed by atoms with Gasteiger partial charge in [-0.05, 0) is 30.2 Å². The Bertz CT molecular complexity index is 937. The monoisotopic (exact) mass is 320 g/mol. The number of benzene rings is 2. The van der Waals surface area contributed by atoms with Crippen molar-refractivity contribution in [1.29, 1.82) is 5.26 Å². The smallest absolute Gasteiger partial charge is 0.127 e. The number of fused-ring (bicyclic) bond motifs is 1. The number of hydrogen-bond donors (Lipinski definition) is 1. The molecular weight excluding hydrogens is 303 g/mol. The van der Waals surface area contributed by atoms with Gasteiger partial charge in [0.05, 0.1) is 17.8 Å². The molecule has 24 heavy (non-hydrogen) atoms. The maximum Gasteiger partial charge on any atom is 0.127 e. The van der Waals surface area contributed by atoms with Gasteiger partial charge in [0, 0.05) is 17.1 Å². The summed E-state index contributed by atoms with van der Waals surface area (Å²) in [7, 11) is 0. The Morgan fingerprint density at radius 1 is 1.33 bits per heavy atom. The first kappa shape index (κ1) is 15.8. The lowest BCUT2D eigenvalue weighted by molar-refractivity contribution is 0.402. The van der Waals surface area contributed by atoms with Gasteiger partial charge in [0.2, 0.25) is 0 Å². The summed E-state index contributed by atoms with van der Waals surface area (Å²) in [5.41, 5.74) is 7.14. The van der Waals surface area contributed by atoms with E-state index in [1.165, 1.54) is 18.2 Å². The number of nitrogens with two attached hydrogens (primary N) is 1. The molecule has 0 aliphatic heterocycles. The van der Waals surface area contributed by atoms with E-state index in [1.54, 1.807) is 17.0 Å². The van der Waals surface area contributed by atoms with Crippen molar-refractivity contribution in [1.82, 2.24) is 9.78 Å². The summed E-state index contributed by atoms with van der Waals surface area (Å²) in [6, 6.07) is 14.5. The van der Waals surface area contributed by atoms with Crippen LogP contribution in [0.4, 0.5) is 10.1 Å². The van der Waals surface area contributed by atoms with Gasteiger partial charge in [-0.15, -0.1) is 0 Å². The van der Waals surface area contributed by atoms with Crippen LogP contribution >= 0.6 is 0 Å². The zero-order valence-corrected chi connectivity index (χ0v) is 13.3. The third-order valence-electron chi connectivity index (χ3n) is 4.31. The summed E-state index contributed by atoms with van der Waals surface area (Å²) >= 11 is 0. The highest BCUT2D eigenvalue weighted by Gasteiger charge is 2.32. The van der Waals surface area contributed by atoms with Crippen LogP contribution < -0.4 is 5.73 Å². The summed E-state index contributed by atoms with van der Waals surface area (Å²) in [4.78, 5) is 0. The molecule has 0 bridgehead atoms. The fourth-order valence-electron chi connectivity index (χ4n) is 3.10. The summed E-state index contributed by atoms with van der Waals surface area (Å²) < 4.78 is 15.7. The molecule has 2 N–H and O–H groups in total.